The van der Waals surface area contributed by atoms with E-state index < -0.39 is 0 Å². The van der Waals surface area contributed by atoms with Crippen LogP contribution in [0.4, 0.5) is 5.69 Å². The molecule has 0 amide bonds. The van der Waals surface area contributed by atoms with Gasteiger partial charge in [0, 0.05) is 38.1 Å². The zero-order chi connectivity index (χ0) is 18.5. The molecule has 1 aromatic heterocycles. The van der Waals surface area contributed by atoms with Crippen molar-refractivity contribution < 1.29 is 0 Å². The van der Waals surface area contributed by atoms with Crippen molar-refractivity contribution in [2.75, 3.05) is 50.7 Å². The van der Waals surface area contributed by atoms with Gasteiger partial charge in [-0.1, -0.05) is 13.8 Å². The third-order valence-electron chi connectivity index (χ3n) is 6.15. The predicted molar refractivity (Wildman–Crippen MR) is 109 cm³/mol. The summed E-state index contributed by atoms with van der Waals surface area (Å²) in [5.74, 6) is 2.27. The highest BCUT2D eigenvalue weighted by atomic mass is 15.3. The highest BCUT2D eigenvalue weighted by Gasteiger charge is 2.23. The van der Waals surface area contributed by atoms with Gasteiger partial charge >= 0.3 is 0 Å². The molecule has 0 aromatic carbocycles. The molecule has 2 saturated heterocycles. The van der Waals surface area contributed by atoms with E-state index in [1.54, 1.807) is 0 Å². The average molecular weight is 360 g/mol. The Morgan fingerprint density at radius 2 is 1.54 bits per heavy atom. The monoisotopic (exact) mass is 359 g/mol. The van der Waals surface area contributed by atoms with Crippen molar-refractivity contribution in [1.82, 2.24) is 19.8 Å². The fourth-order valence-corrected chi connectivity index (χ4v) is 4.15. The molecule has 0 radical (unpaired) electrons. The molecule has 0 bridgehead atoms. The Kier molecular flexibility index (Phi) is 6.87. The average Bonchev–Trinajstić information content (AvgIpc) is 2.67. The van der Waals surface area contributed by atoms with E-state index in [9.17, 15) is 0 Å². The molecule has 0 unspecified atom stereocenters. The number of hydrogen-bond donors (Lipinski definition) is 0. The molecule has 146 valence electrons. The molecule has 1 aromatic rings. The summed E-state index contributed by atoms with van der Waals surface area (Å²) in [4.78, 5) is 16.7. The summed E-state index contributed by atoms with van der Waals surface area (Å²) in [5, 5.41) is 0. The van der Waals surface area contributed by atoms with Crippen LogP contribution in [0.1, 0.15) is 58.7 Å². The number of rotatable bonds is 6. The quantitative estimate of drug-likeness (QED) is 0.779. The summed E-state index contributed by atoms with van der Waals surface area (Å²) in [6, 6.07) is 0.711. The highest BCUT2D eigenvalue weighted by molar-refractivity contribution is 5.42. The minimum absolute atomic E-state index is 0.397. The van der Waals surface area contributed by atoms with Crippen molar-refractivity contribution >= 4 is 5.69 Å². The topological polar surface area (TPSA) is 35.5 Å². The lowest BCUT2D eigenvalue weighted by molar-refractivity contribution is 0.135. The van der Waals surface area contributed by atoms with Gasteiger partial charge in [-0.15, -0.1) is 0 Å². The van der Waals surface area contributed by atoms with Crippen LogP contribution in [0.3, 0.4) is 0 Å². The van der Waals surface area contributed by atoms with Gasteiger partial charge in [0.25, 0.3) is 0 Å². The normalized spacial score (nSPS) is 21.1. The van der Waals surface area contributed by atoms with Gasteiger partial charge in [-0.2, -0.15) is 0 Å². The number of piperazine rings is 1. The van der Waals surface area contributed by atoms with E-state index in [0.717, 1.165) is 37.9 Å². The third-order valence-corrected chi connectivity index (χ3v) is 6.15. The van der Waals surface area contributed by atoms with Gasteiger partial charge in [0.2, 0.25) is 0 Å². The first-order valence-electron chi connectivity index (χ1n) is 10.6. The Balaban J connectivity index is 1.37. The van der Waals surface area contributed by atoms with Crippen molar-refractivity contribution in [3.8, 4) is 0 Å². The van der Waals surface area contributed by atoms with E-state index in [4.69, 9.17) is 0 Å². The second-order valence-corrected chi connectivity index (χ2v) is 8.64. The molecule has 2 aliphatic rings. The van der Waals surface area contributed by atoms with Gasteiger partial charge in [-0.05, 0) is 58.7 Å². The Bertz CT molecular complexity index is 526. The lowest BCUT2D eigenvalue weighted by Crippen LogP contribution is -2.47. The van der Waals surface area contributed by atoms with Gasteiger partial charge in [-0.3, -0.25) is 4.90 Å². The minimum atomic E-state index is 0.397. The summed E-state index contributed by atoms with van der Waals surface area (Å²) in [6.45, 7) is 17.3. The molecule has 0 aliphatic carbocycles. The van der Waals surface area contributed by atoms with Crippen LogP contribution in [0.15, 0.2) is 12.4 Å². The van der Waals surface area contributed by atoms with E-state index in [2.05, 4.69) is 52.4 Å². The largest absolute Gasteiger partial charge is 0.366 e. The lowest BCUT2D eigenvalue weighted by atomic mass is 9.92. The highest BCUT2D eigenvalue weighted by Crippen LogP contribution is 2.23. The maximum absolute atomic E-state index is 4.52. The zero-order valence-electron chi connectivity index (χ0n) is 17.2. The van der Waals surface area contributed by atoms with Crippen molar-refractivity contribution in [3.63, 3.8) is 0 Å². The second-order valence-electron chi connectivity index (χ2n) is 8.64. The first-order valence-corrected chi connectivity index (χ1v) is 10.6. The van der Waals surface area contributed by atoms with E-state index in [0.29, 0.717) is 12.0 Å². The van der Waals surface area contributed by atoms with E-state index in [1.807, 2.05) is 12.4 Å². The Morgan fingerprint density at radius 1 is 0.923 bits per heavy atom. The minimum Gasteiger partial charge on any atom is -0.366 e. The number of aromatic nitrogens is 2. The number of nitrogens with zero attached hydrogens (tertiary/aromatic N) is 5. The molecule has 2 fully saturated rings. The molecule has 3 rings (SSSR count). The molecule has 3 heterocycles. The lowest BCUT2D eigenvalue weighted by Gasteiger charge is -2.38. The summed E-state index contributed by atoms with van der Waals surface area (Å²) >= 11 is 0. The molecular formula is C21H37N5. The first kappa shape index (κ1) is 19.6. The molecule has 0 saturated carbocycles. The van der Waals surface area contributed by atoms with Crippen LogP contribution in [0.2, 0.25) is 0 Å². The summed E-state index contributed by atoms with van der Waals surface area (Å²) < 4.78 is 0. The van der Waals surface area contributed by atoms with Gasteiger partial charge in [0.15, 0.2) is 0 Å². The third kappa shape index (κ3) is 5.17. The van der Waals surface area contributed by atoms with E-state index >= 15 is 0 Å². The Labute approximate surface area is 159 Å². The van der Waals surface area contributed by atoms with E-state index in [1.165, 1.54) is 44.6 Å². The number of hydrogen-bond acceptors (Lipinski definition) is 5. The zero-order valence-corrected chi connectivity index (χ0v) is 17.2. The van der Waals surface area contributed by atoms with Crippen LogP contribution in [0, 0.1) is 5.92 Å². The first-order chi connectivity index (χ1) is 12.5. The van der Waals surface area contributed by atoms with Crippen LogP contribution >= 0.6 is 0 Å². The van der Waals surface area contributed by atoms with Crippen molar-refractivity contribution in [3.05, 3.63) is 18.2 Å². The molecular weight excluding hydrogens is 322 g/mol. The molecule has 0 N–H and O–H groups in total. The fraction of sp³-hybridized carbons (Fsp3) is 0.810. The summed E-state index contributed by atoms with van der Waals surface area (Å²) in [5.41, 5.74) is 1.18. The van der Waals surface area contributed by atoms with Crippen molar-refractivity contribution in [2.24, 2.45) is 5.92 Å². The van der Waals surface area contributed by atoms with Gasteiger partial charge in [0.1, 0.15) is 5.82 Å². The van der Waals surface area contributed by atoms with E-state index in [-0.39, 0.29) is 0 Å². The summed E-state index contributed by atoms with van der Waals surface area (Å²) in [7, 11) is 0. The smallest absolute Gasteiger partial charge is 0.130 e. The van der Waals surface area contributed by atoms with Crippen molar-refractivity contribution in [1.29, 1.82) is 0 Å². The summed E-state index contributed by atoms with van der Waals surface area (Å²) in [6.07, 6.45) is 8.15. The van der Waals surface area contributed by atoms with Crippen LogP contribution in [-0.4, -0.2) is 71.6 Å². The van der Waals surface area contributed by atoms with Crippen molar-refractivity contribution in [2.45, 2.75) is 58.9 Å². The molecule has 5 heteroatoms. The maximum atomic E-state index is 4.52. The molecule has 0 atom stereocenters. The van der Waals surface area contributed by atoms with Gasteiger partial charge < -0.3 is 9.80 Å². The Hall–Kier alpha value is -1.20. The molecule has 2 aliphatic heterocycles. The SMILES string of the molecule is CC(C)c1ncc(N2CCN(CCC3CCN(C(C)C)CC3)CC2)cn1. The fourth-order valence-electron chi connectivity index (χ4n) is 4.15. The maximum Gasteiger partial charge on any atom is 0.130 e. The number of likely N-dealkylation sites (tertiary alicyclic amines) is 1. The van der Waals surface area contributed by atoms with Crippen LogP contribution in [-0.2, 0) is 0 Å². The van der Waals surface area contributed by atoms with Crippen LogP contribution in [0.5, 0.6) is 0 Å². The molecule has 0 spiro atoms. The number of anilines is 1. The standard InChI is InChI=1S/C21H37N5/c1-17(2)21-22-15-20(16-23-21)26-13-11-24(12-14-26)8-5-19-6-9-25(10-7-19)18(3)4/h15-19H,5-14H2,1-4H3. The molecule has 5 nitrogen and oxygen atoms in total. The second kappa shape index (κ2) is 9.14. The Morgan fingerprint density at radius 3 is 2.08 bits per heavy atom. The molecule has 26 heavy (non-hydrogen) atoms. The predicted octanol–water partition coefficient (Wildman–Crippen LogP) is 3.23. The van der Waals surface area contributed by atoms with Crippen LogP contribution in [0.25, 0.3) is 0 Å². The van der Waals surface area contributed by atoms with Gasteiger partial charge in [0.05, 0.1) is 18.1 Å². The van der Waals surface area contributed by atoms with Crippen LogP contribution < -0.4 is 4.90 Å². The number of piperidine rings is 1. The van der Waals surface area contributed by atoms with Gasteiger partial charge in [-0.25, -0.2) is 9.97 Å².